The third-order valence-corrected chi connectivity index (χ3v) is 3.65. The van der Waals surface area contributed by atoms with Gasteiger partial charge in [0.1, 0.15) is 18.4 Å². The van der Waals surface area contributed by atoms with E-state index in [-0.39, 0.29) is 18.0 Å². The minimum absolute atomic E-state index is 0.0636. The van der Waals surface area contributed by atoms with Crippen molar-refractivity contribution >= 4 is 11.4 Å². The first kappa shape index (κ1) is 15.0. The van der Waals surface area contributed by atoms with Gasteiger partial charge < -0.3 is 9.72 Å². The number of aromatic nitrogens is 3. The number of fused-ring (bicyclic) bond motifs is 1. The largest absolute Gasteiger partial charge is 0.354 e. The van der Waals surface area contributed by atoms with Crippen LogP contribution >= 0.6 is 0 Å². The van der Waals surface area contributed by atoms with Gasteiger partial charge in [0, 0.05) is 12.7 Å². The Labute approximate surface area is 133 Å². The van der Waals surface area contributed by atoms with E-state index in [1.165, 1.54) is 16.6 Å². The molecular formula is C17H18N4O2. The summed E-state index contributed by atoms with van der Waals surface area (Å²) in [5, 5.41) is 6.83. The Morgan fingerprint density at radius 1 is 1.13 bits per heavy atom. The van der Waals surface area contributed by atoms with E-state index in [2.05, 4.69) is 22.5 Å². The number of aryl methyl sites for hydroxylation is 1. The van der Waals surface area contributed by atoms with Crippen molar-refractivity contribution in [2.45, 2.75) is 19.4 Å². The van der Waals surface area contributed by atoms with Gasteiger partial charge >= 0.3 is 0 Å². The molecule has 0 saturated carbocycles. The second-order valence-corrected chi connectivity index (χ2v) is 5.33. The fourth-order valence-corrected chi connectivity index (χ4v) is 2.45. The summed E-state index contributed by atoms with van der Waals surface area (Å²) < 4.78 is 2.82. The first-order valence-electron chi connectivity index (χ1n) is 7.57. The highest BCUT2D eigenvalue weighted by Gasteiger charge is 2.08. The first-order chi connectivity index (χ1) is 11.2. The van der Waals surface area contributed by atoms with E-state index in [9.17, 15) is 9.59 Å². The zero-order chi connectivity index (χ0) is 16.1. The SMILES string of the molecule is O=C(Cn1ncn2cccc2c1=O)NCCCc1ccccc1. The zero-order valence-corrected chi connectivity index (χ0v) is 12.7. The van der Waals surface area contributed by atoms with Gasteiger partial charge in [-0.2, -0.15) is 5.10 Å². The Bertz CT molecular complexity index is 852. The van der Waals surface area contributed by atoms with Crippen molar-refractivity contribution in [1.82, 2.24) is 19.5 Å². The fourth-order valence-electron chi connectivity index (χ4n) is 2.45. The van der Waals surface area contributed by atoms with Gasteiger partial charge in [0.25, 0.3) is 5.56 Å². The topological polar surface area (TPSA) is 68.4 Å². The summed E-state index contributed by atoms with van der Waals surface area (Å²) in [7, 11) is 0. The highest BCUT2D eigenvalue weighted by molar-refractivity contribution is 5.75. The number of rotatable bonds is 6. The van der Waals surface area contributed by atoms with Crippen LogP contribution in [0.4, 0.5) is 0 Å². The van der Waals surface area contributed by atoms with Crippen molar-refractivity contribution in [2.24, 2.45) is 0 Å². The van der Waals surface area contributed by atoms with Gasteiger partial charge in [-0.05, 0) is 30.5 Å². The molecule has 2 aromatic heterocycles. The standard InChI is InChI=1S/C17H18N4O2/c22-16(18-10-4-8-14-6-2-1-3-7-14)12-21-17(23)15-9-5-11-20(15)13-19-21/h1-3,5-7,9,11,13H,4,8,10,12H2,(H,18,22). The summed E-state index contributed by atoms with van der Waals surface area (Å²) in [5.74, 6) is -0.205. The maximum absolute atomic E-state index is 12.1. The van der Waals surface area contributed by atoms with Crippen LogP contribution in [-0.2, 0) is 17.8 Å². The van der Waals surface area contributed by atoms with Crippen LogP contribution in [-0.4, -0.2) is 26.6 Å². The van der Waals surface area contributed by atoms with Crippen LogP contribution in [0.25, 0.3) is 5.52 Å². The normalized spacial score (nSPS) is 10.8. The Kier molecular flexibility index (Phi) is 4.52. The van der Waals surface area contributed by atoms with E-state index >= 15 is 0 Å². The van der Waals surface area contributed by atoms with Gasteiger partial charge in [-0.1, -0.05) is 30.3 Å². The van der Waals surface area contributed by atoms with Crippen LogP contribution in [0.3, 0.4) is 0 Å². The average molecular weight is 310 g/mol. The molecule has 3 rings (SSSR count). The van der Waals surface area contributed by atoms with E-state index in [1.807, 2.05) is 18.2 Å². The minimum Gasteiger partial charge on any atom is -0.354 e. The molecule has 0 saturated heterocycles. The Balaban J connectivity index is 1.50. The van der Waals surface area contributed by atoms with Gasteiger partial charge in [-0.25, -0.2) is 4.68 Å². The quantitative estimate of drug-likeness (QED) is 0.697. The van der Waals surface area contributed by atoms with Crippen molar-refractivity contribution < 1.29 is 4.79 Å². The Morgan fingerprint density at radius 2 is 1.96 bits per heavy atom. The molecule has 0 bridgehead atoms. The third-order valence-electron chi connectivity index (χ3n) is 3.65. The summed E-state index contributed by atoms with van der Waals surface area (Å²) in [6, 6.07) is 13.6. The lowest BCUT2D eigenvalue weighted by molar-refractivity contribution is -0.121. The van der Waals surface area contributed by atoms with Crippen LogP contribution in [0, 0.1) is 0 Å². The van der Waals surface area contributed by atoms with Gasteiger partial charge in [-0.3, -0.25) is 9.59 Å². The van der Waals surface area contributed by atoms with Gasteiger partial charge in [0.05, 0.1) is 0 Å². The predicted octanol–water partition coefficient (Wildman–Crippen LogP) is 1.24. The smallest absolute Gasteiger partial charge is 0.291 e. The number of nitrogens with zero attached hydrogens (tertiary/aromatic N) is 3. The Morgan fingerprint density at radius 3 is 2.78 bits per heavy atom. The summed E-state index contributed by atoms with van der Waals surface area (Å²) >= 11 is 0. The molecule has 1 N–H and O–H groups in total. The number of hydrogen-bond donors (Lipinski definition) is 1. The number of carbonyl (C=O) groups excluding carboxylic acids is 1. The maximum Gasteiger partial charge on any atom is 0.291 e. The van der Waals surface area contributed by atoms with E-state index < -0.39 is 0 Å². The van der Waals surface area contributed by atoms with Crippen LogP contribution < -0.4 is 10.9 Å². The number of amides is 1. The van der Waals surface area contributed by atoms with Crippen LogP contribution in [0.5, 0.6) is 0 Å². The molecule has 0 fully saturated rings. The first-order valence-corrected chi connectivity index (χ1v) is 7.57. The van der Waals surface area contributed by atoms with Crippen molar-refractivity contribution in [1.29, 1.82) is 0 Å². The molecule has 1 amide bonds. The summed E-state index contributed by atoms with van der Waals surface area (Å²) in [4.78, 5) is 24.1. The van der Waals surface area contributed by atoms with E-state index in [1.54, 1.807) is 22.7 Å². The molecule has 6 nitrogen and oxygen atoms in total. The molecule has 3 aromatic rings. The van der Waals surface area contributed by atoms with Crippen molar-refractivity contribution in [3.8, 4) is 0 Å². The van der Waals surface area contributed by atoms with Crippen LogP contribution in [0.2, 0.25) is 0 Å². The fraction of sp³-hybridized carbons (Fsp3) is 0.235. The van der Waals surface area contributed by atoms with Gasteiger partial charge in [0.15, 0.2) is 0 Å². The van der Waals surface area contributed by atoms with E-state index in [0.29, 0.717) is 12.1 Å². The average Bonchev–Trinajstić information content (AvgIpc) is 3.05. The lowest BCUT2D eigenvalue weighted by Gasteiger charge is -2.07. The maximum atomic E-state index is 12.1. The molecule has 1 aromatic carbocycles. The molecule has 6 heteroatoms. The van der Waals surface area contributed by atoms with Crippen LogP contribution in [0.15, 0.2) is 59.8 Å². The molecule has 0 spiro atoms. The molecule has 118 valence electrons. The van der Waals surface area contributed by atoms with Gasteiger partial charge in [0.2, 0.25) is 5.91 Å². The Hall–Kier alpha value is -2.89. The summed E-state index contributed by atoms with van der Waals surface area (Å²) in [6.07, 6.45) is 5.04. The molecule has 23 heavy (non-hydrogen) atoms. The molecule has 0 atom stereocenters. The molecule has 0 aliphatic rings. The molecule has 0 aliphatic carbocycles. The monoisotopic (exact) mass is 310 g/mol. The number of benzene rings is 1. The number of hydrogen-bond acceptors (Lipinski definition) is 3. The molecule has 0 unspecified atom stereocenters. The van der Waals surface area contributed by atoms with Crippen molar-refractivity contribution in [3.05, 3.63) is 70.9 Å². The highest BCUT2D eigenvalue weighted by atomic mass is 16.2. The highest BCUT2D eigenvalue weighted by Crippen LogP contribution is 2.01. The summed E-state index contributed by atoms with van der Waals surface area (Å²) in [6.45, 7) is 0.516. The molecule has 0 radical (unpaired) electrons. The predicted molar refractivity (Wildman–Crippen MR) is 87.2 cm³/mol. The lowest BCUT2D eigenvalue weighted by Crippen LogP contribution is -2.34. The van der Waals surface area contributed by atoms with E-state index in [4.69, 9.17) is 0 Å². The molecular weight excluding hydrogens is 292 g/mol. The van der Waals surface area contributed by atoms with E-state index in [0.717, 1.165) is 12.8 Å². The number of nitrogens with one attached hydrogen (secondary N) is 1. The van der Waals surface area contributed by atoms with Gasteiger partial charge in [-0.15, -0.1) is 0 Å². The van der Waals surface area contributed by atoms with Crippen LogP contribution in [0.1, 0.15) is 12.0 Å². The molecule has 2 heterocycles. The number of carbonyl (C=O) groups is 1. The molecule has 0 aliphatic heterocycles. The second-order valence-electron chi connectivity index (χ2n) is 5.33. The second kappa shape index (κ2) is 6.91. The minimum atomic E-state index is -0.267. The van der Waals surface area contributed by atoms with Crippen molar-refractivity contribution in [3.63, 3.8) is 0 Å². The lowest BCUT2D eigenvalue weighted by atomic mass is 10.1. The van der Waals surface area contributed by atoms with Crippen molar-refractivity contribution in [2.75, 3.05) is 6.54 Å². The summed E-state index contributed by atoms with van der Waals surface area (Å²) in [5.41, 5.74) is 1.49. The zero-order valence-electron chi connectivity index (χ0n) is 12.7. The third kappa shape index (κ3) is 3.66.